The van der Waals surface area contributed by atoms with Crippen molar-refractivity contribution in [1.29, 1.82) is 0 Å². The van der Waals surface area contributed by atoms with Gasteiger partial charge < -0.3 is 5.32 Å². The van der Waals surface area contributed by atoms with Crippen molar-refractivity contribution in [3.05, 3.63) is 35.4 Å². The standard InChI is InChI=1S/C12H14F3N5O/c1-8-9(6-19(2)17-8)5-16-11(21)7-20-4-3-10(18-20)12(13,14)15/h3-4,6H,5,7H2,1-2H3,(H,16,21). The Morgan fingerprint density at radius 2 is 2.10 bits per heavy atom. The van der Waals surface area contributed by atoms with Crippen LogP contribution in [-0.4, -0.2) is 25.5 Å². The van der Waals surface area contributed by atoms with Gasteiger partial charge in [-0.25, -0.2) is 0 Å². The van der Waals surface area contributed by atoms with Crippen molar-refractivity contribution in [1.82, 2.24) is 24.9 Å². The van der Waals surface area contributed by atoms with E-state index < -0.39 is 17.8 Å². The fourth-order valence-electron chi connectivity index (χ4n) is 1.82. The molecule has 0 aliphatic carbocycles. The lowest BCUT2D eigenvalue weighted by atomic mass is 10.2. The molecule has 0 fully saturated rings. The van der Waals surface area contributed by atoms with E-state index >= 15 is 0 Å². The Balaban J connectivity index is 1.90. The molecule has 0 saturated carbocycles. The average molecular weight is 301 g/mol. The molecule has 1 N–H and O–H groups in total. The van der Waals surface area contributed by atoms with E-state index in [-0.39, 0.29) is 13.1 Å². The molecule has 0 unspecified atom stereocenters. The van der Waals surface area contributed by atoms with E-state index in [0.29, 0.717) is 0 Å². The third-order valence-electron chi connectivity index (χ3n) is 2.83. The van der Waals surface area contributed by atoms with E-state index in [4.69, 9.17) is 0 Å². The summed E-state index contributed by atoms with van der Waals surface area (Å²) in [5.41, 5.74) is 0.622. The molecule has 9 heteroatoms. The molecule has 1 amide bonds. The number of hydrogen-bond donors (Lipinski definition) is 1. The summed E-state index contributed by atoms with van der Waals surface area (Å²) in [4.78, 5) is 11.7. The van der Waals surface area contributed by atoms with Crippen LogP contribution in [0.3, 0.4) is 0 Å². The van der Waals surface area contributed by atoms with Gasteiger partial charge in [-0.15, -0.1) is 0 Å². The molecule has 2 aromatic heterocycles. The Morgan fingerprint density at radius 1 is 1.38 bits per heavy atom. The highest BCUT2D eigenvalue weighted by Gasteiger charge is 2.33. The zero-order valence-electron chi connectivity index (χ0n) is 11.5. The van der Waals surface area contributed by atoms with E-state index in [2.05, 4.69) is 15.5 Å². The molecule has 2 aromatic rings. The molecular weight excluding hydrogens is 287 g/mol. The van der Waals surface area contributed by atoms with Crippen LogP contribution in [0.25, 0.3) is 0 Å². The zero-order chi connectivity index (χ0) is 15.6. The number of halogens is 3. The highest BCUT2D eigenvalue weighted by atomic mass is 19.4. The zero-order valence-corrected chi connectivity index (χ0v) is 11.5. The Labute approximate surface area is 118 Å². The van der Waals surface area contributed by atoms with Gasteiger partial charge in [-0.1, -0.05) is 0 Å². The Morgan fingerprint density at radius 3 is 2.62 bits per heavy atom. The van der Waals surface area contributed by atoms with Crippen LogP contribution in [0.5, 0.6) is 0 Å². The molecule has 0 spiro atoms. The first-order valence-corrected chi connectivity index (χ1v) is 6.12. The lowest BCUT2D eigenvalue weighted by molar-refractivity contribution is -0.141. The van der Waals surface area contributed by atoms with Crippen LogP contribution in [-0.2, 0) is 31.1 Å². The van der Waals surface area contributed by atoms with E-state index in [0.717, 1.165) is 28.2 Å². The van der Waals surface area contributed by atoms with Crippen molar-refractivity contribution < 1.29 is 18.0 Å². The van der Waals surface area contributed by atoms with Crippen molar-refractivity contribution in [3.8, 4) is 0 Å². The largest absolute Gasteiger partial charge is 0.435 e. The van der Waals surface area contributed by atoms with Gasteiger partial charge in [0.25, 0.3) is 0 Å². The minimum Gasteiger partial charge on any atom is -0.350 e. The smallest absolute Gasteiger partial charge is 0.350 e. The molecule has 2 heterocycles. The molecule has 2 rings (SSSR count). The summed E-state index contributed by atoms with van der Waals surface area (Å²) in [5.74, 6) is -0.421. The maximum atomic E-state index is 12.4. The summed E-state index contributed by atoms with van der Waals surface area (Å²) in [6, 6.07) is 0.832. The number of alkyl halides is 3. The van der Waals surface area contributed by atoms with Gasteiger partial charge in [-0.3, -0.25) is 14.2 Å². The van der Waals surface area contributed by atoms with Crippen LogP contribution in [0, 0.1) is 6.92 Å². The normalized spacial score (nSPS) is 11.7. The van der Waals surface area contributed by atoms with E-state index in [9.17, 15) is 18.0 Å². The minimum atomic E-state index is -4.51. The highest BCUT2D eigenvalue weighted by molar-refractivity contribution is 5.75. The Hall–Kier alpha value is -2.32. The molecule has 0 saturated heterocycles. The molecule has 0 atom stereocenters. The van der Waals surface area contributed by atoms with Crippen LogP contribution in [0.1, 0.15) is 17.0 Å². The van der Waals surface area contributed by atoms with Crippen molar-refractivity contribution in [2.45, 2.75) is 26.2 Å². The second-order valence-corrected chi connectivity index (χ2v) is 4.59. The van der Waals surface area contributed by atoms with Gasteiger partial charge in [-0.2, -0.15) is 23.4 Å². The van der Waals surface area contributed by atoms with E-state index in [1.807, 2.05) is 6.92 Å². The topological polar surface area (TPSA) is 64.7 Å². The maximum Gasteiger partial charge on any atom is 0.435 e. The number of carbonyl (C=O) groups is 1. The maximum absolute atomic E-state index is 12.4. The van der Waals surface area contributed by atoms with Gasteiger partial charge >= 0.3 is 6.18 Å². The van der Waals surface area contributed by atoms with Gasteiger partial charge in [0.15, 0.2) is 5.69 Å². The molecule has 0 radical (unpaired) electrons. The number of carbonyl (C=O) groups excluding carboxylic acids is 1. The Kier molecular flexibility index (Phi) is 4.01. The summed E-state index contributed by atoms with van der Waals surface area (Å²) in [6.07, 6.45) is -1.61. The van der Waals surface area contributed by atoms with Gasteiger partial charge in [0.2, 0.25) is 5.91 Å². The first-order valence-electron chi connectivity index (χ1n) is 6.12. The van der Waals surface area contributed by atoms with Gasteiger partial charge in [-0.05, 0) is 13.0 Å². The number of amides is 1. The van der Waals surface area contributed by atoms with Crippen molar-refractivity contribution >= 4 is 5.91 Å². The second-order valence-electron chi connectivity index (χ2n) is 4.59. The SMILES string of the molecule is Cc1nn(C)cc1CNC(=O)Cn1ccc(C(F)(F)F)n1. The van der Waals surface area contributed by atoms with Crippen LogP contribution < -0.4 is 5.32 Å². The van der Waals surface area contributed by atoms with Gasteiger partial charge in [0.05, 0.1) is 5.69 Å². The van der Waals surface area contributed by atoms with Crippen LogP contribution in [0.4, 0.5) is 13.2 Å². The molecule has 21 heavy (non-hydrogen) atoms. The number of aryl methyl sites for hydroxylation is 2. The van der Waals surface area contributed by atoms with Crippen LogP contribution in [0.2, 0.25) is 0 Å². The first-order chi connectivity index (χ1) is 9.75. The number of nitrogens with one attached hydrogen (secondary N) is 1. The summed E-state index contributed by atoms with van der Waals surface area (Å²) in [7, 11) is 1.76. The molecule has 0 aliphatic heterocycles. The van der Waals surface area contributed by atoms with E-state index in [1.165, 1.54) is 0 Å². The van der Waals surface area contributed by atoms with Gasteiger partial charge in [0.1, 0.15) is 6.54 Å². The van der Waals surface area contributed by atoms with Gasteiger partial charge in [0, 0.05) is 31.5 Å². The highest BCUT2D eigenvalue weighted by Crippen LogP contribution is 2.27. The number of rotatable bonds is 4. The average Bonchev–Trinajstić information content (AvgIpc) is 2.93. The molecule has 0 bridgehead atoms. The van der Waals surface area contributed by atoms with Crippen LogP contribution in [0.15, 0.2) is 18.5 Å². The predicted octanol–water partition coefficient (Wildman–Crippen LogP) is 1.26. The fourth-order valence-corrected chi connectivity index (χ4v) is 1.82. The lowest BCUT2D eigenvalue weighted by Gasteiger charge is -2.05. The number of nitrogens with zero attached hydrogens (tertiary/aromatic N) is 4. The molecule has 0 aliphatic rings. The molecule has 6 nitrogen and oxygen atoms in total. The second kappa shape index (κ2) is 5.58. The minimum absolute atomic E-state index is 0.268. The van der Waals surface area contributed by atoms with Crippen molar-refractivity contribution in [2.75, 3.05) is 0 Å². The first kappa shape index (κ1) is 15.1. The monoisotopic (exact) mass is 301 g/mol. The summed E-state index contributed by atoms with van der Waals surface area (Å²) >= 11 is 0. The van der Waals surface area contributed by atoms with Crippen molar-refractivity contribution in [3.63, 3.8) is 0 Å². The quantitative estimate of drug-likeness (QED) is 0.924. The molecule has 0 aromatic carbocycles. The summed E-state index contributed by atoms with van der Waals surface area (Å²) in [5, 5.41) is 10.1. The summed E-state index contributed by atoms with van der Waals surface area (Å²) in [6.45, 7) is 1.81. The van der Waals surface area contributed by atoms with E-state index in [1.54, 1.807) is 17.9 Å². The Bertz CT molecular complexity index is 644. The van der Waals surface area contributed by atoms with Crippen molar-refractivity contribution in [2.24, 2.45) is 7.05 Å². The molecule has 114 valence electrons. The number of hydrogen-bond acceptors (Lipinski definition) is 3. The summed E-state index contributed by atoms with van der Waals surface area (Å²) < 4.78 is 39.7. The third-order valence-corrected chi connectivity index (χ3v) is 2.83. The number of aromatic nitrogens is 4. The predicted molar refractivity (Wildman–Crippen MR) is 67.0 cm³/mol. The lowest BCUT2D eigenvalue weighted by Crippen LogP contribution is -2.27. The van der Waals surface area contributed by atoms with Crippen LogP contribution >= 0.6 is 0 Å². The molecular formula is C12H14F3N5O. The fraction of sp³-hybridized carbons (Fsp3) is 0.417. The third kappa shape index (κ3) is 3.83.